The zero-order valence-electron chi connectivity index (χ0n) is 14.4. The number of aryl methyl sites for hydroxylation is 1. The Labute approximate surface area is 159 Å². The molecular weight excluding hydrogens is 374 g/mol. The molecule has 1 atom stereocenters. The molecule has 1 amide bonds. The molecule has 140 valence electrons. The third-order valence-corrected chi connectivity index (χ3v) is 6.19. The van der Waals surface area contributed by atoms with Crippen molar-refractivity contribution in [2.24, 2.45) is 0 Å². The van der Waals surface area contributed by atoms with Crippen LogP contribution in [-0.2, 0) is 11.3 Å². The lowest BCUT2D eigenvalue weighted by molar-refractivity contribution is -0.128. The van der Waals surface area contributed by atoms with Gasteiger partial charge in [-0.2, -0.15) is 0 Å². The summed E-state index contributed by atoms with van der Waals surface area (Å²) in [4.78, 5) is 29.0. The van der Waals surface area contributed by atoms with Crippen molar-refractivity contribution in [3.05, 3.63) is 34.7 Å². The van der Waals surface area contributed by atoms with Crippen molar-refractivity contribution in [3.63, 3.8) is 0 Å². The van der Waals surface area contributed by atoms with E-state index in [0.717, 1.165) is 28.8 Å². The summed E-state index contributed by atoms with van der Waals surface area (Å²) in [5, 5.41) is 13.8. The summed E-state index contributed by atoms with van der Waals surface area (Å²) in [5.41, 5.74) is 0.0741. The third-order valence-electron chi connectivity index (χ3n) is 4.19. The largest absolute Gasteiger partial charge is 0.476 e. The van der Waals surface area contributed by atoms with Crippen LogP contribution in [0.2, 0.25) is 0 Å². The second-order valence-corrected chi connectivity index (χ2v) is 8.28. The zero-order chi connectivity index (χ0) is 18.5. The Morgan fingerprint density at radius 1 is 1.54 bits per heavy atom. The van der Waals surface area contributed by atoms with Gasteiger partial charge in [-0.05, 0) is 25.5 Å². The summed E-state index contributed by atoms with van der Waals surface area (Å²) in [6, 6.07) is 4.08. The van der Waals surface area contributed by atoms with Gasteiger partial charge in [0.25, 0.3) is 0 Å². The molecule has 0 aromatic carbocycles. The molecule has 2 aromatic heterocycles. The average molecular weight is 396 g/mol. The molecule has 2 aromatic rings. The number of carboxylic acid groups (broad SMARTS) is 1. The minimum atomic E-state index is -1.01. The number of likely N-dealkylation sites (tertiary alicyclic amines) is 1. The second kappa shape index (κ2) is 8.70. The van der Waals surface area contributed by atoms with Crippen LogP contribution in [0.15, 0.2) is 26.3 Å². The maximum Gasteiger partial charge on any atom is 0.355 e. The minimum Gasteiger partial charge on any atom is -0.476 e. The molecule has 0 saturated carbocycles. The SMILES string of the molecule is Cc1ccc(CNCC2CCC(=O)N2CCSc2nc(C(=O)O)cs2)o1. The lowest BCUT2D eigenvalue weighted by Gasteiger charge is -2.24. The van der Waals surface area contributed by atoms with Crippen LogP contribution in [0.3, 0.4) is 0 Å². The molecule has 2 N–H and O–H groups in total. The van der Waals surface area contributed by atoms with Crippen LogP contribution in [0.1, 0.15) is 34.9 Å². The highest BCUT2D eigenvalue weighted by Crippen LogP contribution is 2.24. The summed E-state index contributed by atoms with van der Waals surface area (Å²) in [6.45, 7) is 3.94. The van der Waals surface area contributed by atoms with Gasteiger partial charge >= 0.3 is 5.97 Å². The topological polar surface area (TPSA) is 95.7 Å². The van der Waals surface area contributed by atoms with Crippen molar-refractivity contribution in [2.75, 3.05) is 18.8 Å². The van der Waals surface area contributed by atoms with Gasteiger partial charge in [-0.25, -0.2) is 9.78 Å². The number of thiazole rings is 1. The smallest absolute Gasteiger partial charge is 0.355 e. The number of hydrogen-bond acceptors (Lipinski definition) is 7. The van der Waals surface area contributed by atoms with Crippen molar-refractivity contribution in [1.82, 2.24) is 15.2 Å². The van der Waals surface area contributed by atoms with Crippen molar-refractivity contribution >= 4 is 35.0 Å². The van der Waals surface area contributed by atoms with E-state index in [2.05, 4.69) is 10.3 Å². The molecule has 1 unspecified atom stereocenters. The van der Waals surface area contributed by atoms with Gasteiger partial charge in [-0.1, -0.05) is 11.8 Å². The molecule has 26 heavy (non-hydrogen) atoms. The predicted molar refractivity (Wildman–Crippen MR) is 99.7 cm³/mol. The van der Waals surface area contributed by atoms with E-state index < -0.39 is 5.97 Å². The van der Waals surface area contributed by atoms with Gasteiger partial charge in [0, 0.05) is 36.7 Å². The lowest BCUT2D eigenvalue weighted by Crippen LogP contribution is -2.41. The van der Waals surface area contributed by atoms with E-state index in [1.165, 1.54) is 28.5 Å². The first-order chi connectivity index (χ1) is 12.5. The van der Waals surface area contributed by atoms with Gasteiger partial charge in [-0.15, -0.1) is 11.3 Å². The number of aromatic nitrogens is 1. The number of carbonyl (C=O) groups excluding carboxylic acids is 1. The van der Waals surface area contributed by atoms with Gasteiger partial charge in [0.05, 0.1) is 6.54 Å². The number of furan rings is 1. The fourth-order valence-corrected chi connectivity index (χ4v) is 4.72. The Kier molecular flexibility index (Phi) is 6.33. The molecule has 3 heterocycles. The first-order valence-electron chi connectivity index (χ1n) is 8.40. The first-order valence-corrected chi connectivity index (χ1v) is 10.3. The Morgan fingerprint density at radius 3 is 3.08 bits per heavy atom. The van der Waals surface area contributed by atoms with Gasteiger partial charge in [-0.3, -0.25) is 4.79 Å². The van der Waals surface area contributed by atoms with E-state index in [4.69, 9.17) is 9.52 Å². The van der Waals surface area contributed by atoms with E-state index >= 15 is 0 Å². The quantitative estimate of drug-likeness (QED) is 0.630. The standard InChI is InChI=1S/C17H21N3O4S2/c1-11-2-4-13(24-11)9-18-8-12-3-5-15(21)20(12)6-7-25-17-19-14(10-26-17)16(22)23/h2,4,10,12,18H,3,5-9H2,1H3,(H,22,23). The number of carboxylic acids is 1. The minimum absolute atomic E-state index is 0.0741. The summed E-state index contributed by atoms with van der Waals surface area (Å²) < 4.78 is 6.25. The van der Waals surface area contributed by atoms with Crippen molar-refractivity contribution in [2.45, 2.75) is 36.7 Å². The van der Waals surface area contributed by atoms with Crippen LogP contribution in [0, 0.1) is 6.92 Å². The maximum atomic E-state index is 12.1. The Hall–Kier alpha value is -1.84. The molecule has 0 radical (unpaired) electrons. The summed E-state index contributed by atoms with van der Waals surface area (Å²) in [5.74, 6) is 1.65. The van der Waals surface area contributed by atoms with Crippen LogP contribution >= 0.6 is 23.1 Å². The maximum absolute atomic E-state index is 12.1. The van der Waals surface area contributed by atoms with Crippen LogP contribution in [0.25, 0.3) is 0 Å². The molecule has 1 fully saturated rings. The van der Waals surface area contributed by atoms with E-state index in [-0.39, 0.29) is 17.6 Å². The van der Waals surface area contributed by atoms with Gasteiger partial charge in [0.15, 0.2) is 10.0 Å². The highest BCUT2D eigenvalue weighted by Gasteiger charge is 2.30. The number of amides is 1. The van der Waals surface area contributed by atoms with Crippen molar-refractivity contribution in [1.29, 1.82) is 0 Å². The summed E-state index contributed by atoms with van der Waals surface area (Å²) >= 11 is 2.81. The lowest BCUT2D eigenvalue weighted by atomic mass is 10.2. The van der Waals surface area contributed by atoms with E-state index in [9.17, 15) is 9.59 Å². The number of aromatic carboxylic acids is 1. The van der Waals surface area contributed by atoms with Crippen LogP contribution in [-0.4, -0.2) is 51.8 Å². The summed E-state index contributed by atoms with van der Waals surface area (Å²) in [6.07, 6.45) is 1.44. The molecule has 9 heteroatoms. The van der Waals surface area contributed by atoms with Crippen LogP contribution < -0.4 is 5.32 Å². The fourth-order valence-electron chi connectivity index (χ4n) is 2.91. The number of nitrogens with one attached hydrogen (secondary N) is 1. The molecule has 7 nitrogen and oxygen atoms in total. The Bertz CT molecular complexity index is 774. The van der Waals surface area contributed by atoms with Gasteiger partial charge < -0.3 is 19.7 Å². The molecule has 0 spiro atoms. The van der Waals surface area contributed by atoms with Gasteiger partial charge in [0.1, 0.15) is 11.5 Å². The van der Waals surface area contributed by atoms with E-state index in [0.29, 0.717) is 25.3 Å². The average Bonchev–Trinajstić information content (AvgIpc) is 3.31. The molecule has 3 rings (SSSR count). The number of rotatable bonds is 9. The van der Waals surface area contributed by atoms with E-state index in [1.54, 1.807) is 0 Å². The fraction of sp³-hybridized carbons (Fsp3) is 0.471. The number of hydrogen-bond donors (Lipinski definition) is 2. The van der Waals surface area contributed by atoms with Crippen LogP contribution in [0.5, 0.6) is 0 Å². The second-order valence-electron chi connectivity index (χ2n) is 6.08. The highest BCUT2D eigenvalue weighted by molar-refractivity contribution is 8.01. The summed E-state index contributed by atoms with van der Waals surface area (Å²) in [7, 11) is 0. The molecule has 1 saturated heterocycles. The first kappa shape index (κ1) is 18.9. The number of thioether (sulfide) groups is 1. The number of nitrogens with zero attached hydrogens (tertiary/aromatic N) is 2. The zero-order valence-corrected chi connectivity index (χ0v) is 16.1. The molecular formula is C17H21N3O4S2. The molecule has 0 bridgehead atoms. The molecule has 1 aliphatic heterocycles. The predicted octanol–water partition coefficient (Wildman–Crippen LogP) is 2.62. The molecule has 1 aliphatic rings. The normalized spacial score (nSPS) is 17.2. The monoisotopic (exact) mass is 395 g/mol. The van der Waals surface area contributed by atoms with Gasteiger partial charge in [0.2, 0.25) is 5.91 Å². The van der Waals surface area contributed by atoms with Crippen molar-refractivity contribution in [3.8, 4) is 0 Å². The van der Waals surface area contributed by atoms with Crippen molar-refractivity contribution < 1.29 is 19.1 Å². The molecule has 0 aliphatic carbocycles. The number of carbonyl (C=O) groups is 2. The Morgan fingerprint density at radius 2 is 2.38 bits per heavy atom. The third kappa shape index (κ3) is 4.87. The van der Waals surface area contributed by atoms with Crippen LogP contribution in [0.4, 0.5) is 0 Å². The Balaban J connectivity index is 1.44. The van der Waals surface area contributed by atoms with E-state index in [1.807, 2.05) is 24.0 Å². The highest BCUT2D eigenvalue weighted by atomic mass is 32.2.